The van der Waals surface area contributed by atoms with Gasteiger partial charge in [-0.15, -0.1) is 0 Å². The van der Waals surface area contributed by atoms with Gasteiger partial charge >= 0.3 is 0 Å². The van der Waals surface area contributed by atoms with E-state index >= 15 is 0 Å². The molecule has 0 spiro atoms. The SMILES string of the molecule is CCCCCCOC[n+]1ccc(CC)c(Br)c1. The highest BCUT2D eigenvalue weighted by molar-refractivity contribution is 9.10. The number of unbranched alkanes of at least 4 members (excludes halogenated alkanes) is 3. The lowest BCUT2D eigenvalue weighted by Gasteiger charge is -2.03. The number of nitrogens with zero attached hydrogens (tertiary/aromatic N) is 1. The normalized spacial score (nSPS) is 10.8. The molecule has 0 radical (unpaired) electrons. The molecule has 2 nitrogen and oxygen atoms in total. The zero-order chi connectivity index (χ0) is 12.5. The molecule has 0 fully saturated rings. The molecule has 1 rings (SSSR count). The third-order valence-electron chi connectivity index (χ3n) is 2.82. The monoisotopic (exact) mass is 300 g/mol. The van der Waals surface area contributed by atoms with Crippen molar-refractivity contribution < 1.29 is 9.30 Å². The molecule has 0 saturated carbocycles. The van der Waals surface area contributed by atoms with Crippen molar-refractivity contribution in [1.29, 1.82) is 0 Å². The number of ether oxygens (including phenoxy) is 1. The molecule has 96 valence electrons. The number of aryl methyl sites for hydroxylation is 1. The summed E-state index contributed by atoms with van der Waals surface area (Å²) in [5.41, 5.74) is 1.34. The van der Waals surface area contributed by atoms with E-state index in [1.165, 1.54) is 31.2 Å². The first-order valence-corrected chi connectivity index (χ1v) is 7.32. The lowest BCUT2D eigenvalue weighted by Crippen LogP contribution is -2.34. The standard InChI is InChI=1S/C14H23BrNO/c1-3-5-6-7-10-17-12-16-9-8-13(4-2)14(15)11-16/h8-9,11H,3-7,10,12H2,1-2H3/q+1. The van der Waals surface area contributed by atoms with E-state index in [0.29, 0.717) is 6.73 Å². The van der Waals surface area contributed by atoms with Gasteiger partial charge in [0.2, 0.25) is 0 Å². The molecule has 0 amide bonds. The Balaban J connectivity index is 2.25. The van der Waals surface area contributed by atoms with Crippen molar-refractivity contribution in [2.75, 3.05) is 6.61 Å². The predicted octanol–water partition coefficient (Wildman–Crippen LogP) is 3.85. The Morgan fingerprint density at radius 2 is 2.06 bits per heavy atom. The summed E-state index contributed by atoms with van der Waals surface area (Å²) in [6.07, 6.45) is 10.3. The van der Waals surface area contributed by atoms with Crippen LogP contribution in [0.4, 0.5) is 0 Å². The lowest BCUT2D eigenvalue weighted by molar-refractivity contribution is -0.733. The molecule has 1 heterocycles. The smallest absolute Gasteiger partial charge is 0.252 e. The zero-order valence-electron chi connectivity index (χ0n) is 10.9. The third-order valence-corrected chi connectivity index (χ3v) is 3.53. The number of hydrogen-bond acceptors (Lipinski definition) is 1. The van der Waals surface area contributed by atoms with E-state index in [2.05, 4.69) is 52.8 Å². The van der Waals surface area contributed by atoms with Gasteiger partial charge in [0.25, 0.3) is 6.73 Å². The first-order chi connectivity index (χ1) is 8.27. The van der Waals surface area contributed by atoms with Crippen molar-refractivity contribution in [3.63, 3.8) is 0 Å². The fourth-order valence-electron chi connectivity index (χ4n) is 1.70. The maximum absolute atomic E-state index is 5.64. The van der Waals surface area contributed by atoms with Gasteiger partial charge in [-0.2, -0.15) is 4.57 Å². The Bertz CT molecular complexity index is 328. The van der Waals surface area contributed by atoms with Gasteiger partial charge in [-0.05, 0) is 34.3 Å². The Morgan fingerprint density at radius 1 is 1.24 bits per heavy atom. The fourth-order valence-corrected chi connectivity index (χ4v) is 2.38. The Kier molecular flexibility index (Phi) is 7.45. The first kappa shape index (κ1) is 14.7. The van der Waals surface area contributed by atoms with Crippen LogP contribution in [-0.4, -0.2) is 6.61 Å². The van der Waals surface area contributed by atoms with Crippen LogP contribution < -0.4 is 4.57 Å². The van der Waals surface area contributed by atoms with E-state index in [1.54, 1.807) is 0 Å². The molecule has 0 N–H and O–H groups in total. The van der Waals surface area contributed by atoms with E-state index < -0.39 is 0 Å². The fraction of sp³-hybridized carbons (Fsp3) is 0.643. The molecule has 0 aliphatic rings. The zero-order valence-corrected chi connectivity index (χ0v) is 12.5. The predicted molar refractivity (Wildman–Crippen MR) is 73.8 cm³/mol. The van der Waals surface area contributed by atoms with Crippen molar-refractivity contribution in [3.8, 4) is 0 Å². The minimum absolute atomic E-state index is 0.648. The van der Waals surface area contributed by atoms with Crippen LogP contribution in [0.3, 0.4) is 0 Å². The molecule has 17 heavy (non-hydrogen) atoms. The van der Waals surface area contributed by atoms with Gasteiger partial charge in [0.1, 0.15) is 0 Å². The number of pyridine rings is 1. The second kappa shape index (κ2) is 8.65. The van der Waals surface area contributed by atoms with Crippen LogP contribution in [0.1, 0.15) is 45.1 Å². The van der Waals surface area contributed by atoms with Crippen LogP contribution >= 0.6 is 15.9 Å². The van der Waals surface area contributed by atoms with Crippen LogP contribution in [0, 0.1) is 0 Å². The molecule has 0 unspecified atom stereocenters. The van der Waals surface area contributed by atoms with Gasteiger partial charge in [-0.1, -0.05) is 33.1 Å². The van der Waals surface area contributed by atoms with Crippen LogP contribution in [0.15, 0.2) is 22.9 Å². The molecule has 0 aliphatic heterocycles. The molecule has 1 aromatic heterocycles. The van der Waals surface area contributed by atoms with Gasteiger partial charge in [0.15, 0.2) is 12.4 Å². The topological polar surface area (TPSA) is 13.1 Å². The van der Waals surface area contributed by atoms with E-state index in [0.717, 1.165) is 17.5 Å². The van der Waals surface area contributed by atoms with Crippen molar-refractivity contribution in [2.45, 2.75) is 52.7 Å². The Hall–Kier alpha value is -0.410. The van der Waals surface area contributed by atoms with Crippen LogP contribution in [0.2, 0.25) is 0 Å². The highest BCUT2D eigenvalue weighted by atomic mass is 79.9. The summed E-state index contributed by atoms with van der Waals surface area (Å²) in [5, 5.41) is 0. The highest BCUT2D eigenvalue weighted by Gasteiger charge is 2.05. The summed E-state index contributed by atoms with van der Waals surface area (Å²) in [7, 11) is 0. The maximum Gasteiger partial charge on any atom is 0.252 e. The van der Waals surface area contributed by atoms with Crippen molar-refractivity contribution in [1.82, 2.24) is 0 Å². The van der Waals surface area contributed by atoms with Gasteiger partial charge in [-0.3, -0.25) is 0 Å². The molecule has 0 saturated heterocycles. The summed E-state index contributed by atoms with van der Waals surface area (Å²) in [6.45, 7) is 5.90. The summed E-state index contributed by atoms with van der Waals surface area (Å²) < 4.78 is 8.87. The van der Waals surface area contributed by atoms with E-state index in [9.17, 15) is 0 Å². The highest BCUT2D eigenvalue weighted by Crippen LogP contribution is 2.13. The average Bonchev–Trinajstić information content (AvgIpc) is 2.34. The average molecular weight is 301 g/mol. The Morgan fingerprint density at radius 3 is 2.71 bits per heavy atom. The van der Waals surface area contributed by atoms with E-state index in [1.807, 2.05) is 0 Å². The molecule has 0 aromatic carbocycles. The van der Waals surface area contributed by atoms with Gasteiger partial charge in [0, 0.05) is 6.07 Å². The molecule has 0 aliphatic carbocycles. The molecular formula is C14H23BrNO+. The summed E-state index contributed by atoms with van der Waals surface area (Å²) in [5.74, 6) is 0. The third kappa shape index (κ3) is 5.64. The van der Waals surface area contributed by atoms with E-state index in [4.69, 9.17) is 4.74 Å². The summed E-state index contributed by atoms with van der Waals surface area (Å²) in [6, 6.07) is 2.14. The molecule has 1 aromatic rings. The maximum atomic E-state index is 5.64. The van der Waals surface area contributed by atoms with Crippen LogP contribution in [0.5, 0.6) is 0 Å². The molecule has 0 atom stereocenters. The number of halogens is 1. The molecule has 3 heteroatoms. The van der Waals surface area contributed by atoms with E-state index in [-0.39, 0.29) is 0 Å². The van der Waals surface area contributed by atoms with Crippen LogP contribution in [0.25, 0.3) is 0 Å². The Labute approximate surface area is 113 Å². The molecular weight excluding hydrogens is 278 g/mol. The summed E-state index contributed by atoms with van der Waals surface area (Å²) in [4.78, 5) is 0. The number of rotatable bonds is 8. The minimum atomic E-state index is 0.648. The summed E-state index contributed by atoms with van der Waals surface area (Å²) >= 11 is 3.57. The van der Waals surface area contributed by atoms with Gasteiger partial charge < -0.3 is 4.74 Å². The largest absolute Gasteiger partial charge is 0.323 e. The lowest BCUT2D eigenvalue weighted by atomic mass is 10.2. The van der Waals surface area contributed by atoms with Crippen LogP contribution in [-0.2, 0) is 17.9 Å². The quantitative estimate of drug-likeness (QED) is 0.525. The number of aromatic nitrogens is 1. The van der Waals surface area contributed by atoms with Crippen molar-refractivity contribution >= 4 is 15.9 Å². The number of hydrogen-bond donors (Lipinski definition) is 0. The first-order valence-electron chi connectivity index (χ1n) is 6.53. The van der Waals surface area contributed by atoms with Crippen molar-refractivity contribution in [2.24, 2.45) is 0 Å². The van der Waals surface area contributed by atoms with Crippen molar-refractivity contribution in [3.05, 3.63) is 28.5 Å². The van der Waals surface area contributed by atoms with Gasteiger partial charge in [-0.25, -0.2) is 0 Å². The second-order valence-electron chi connectivity index (χ2n) is 4.28. The second-order valence-corrected chi connectivity index (χ2v) is 5.14. The van der Waals surface area contributed by atoms with Gasteiger partial charge in [0.05, 0.1) is 11.1 Å². The molecule has 0 bridgehead atoms. The minimum Gasteiger partial charge on any atom is -0.323 e.